The number of anilines is 1. The fourth-order valence-corrected chi connectivity index (χ4v) is 3.08. The molecule has 0 heterocycles. The van der Waals surface area contributed by atoms with Gasteiger partial charge >= 0.3 is 0 Å². The summed E-state index contributed by atoms with van der Waals surface area (Å²) in [4.78, 5) is 2.52. The minimum Gasteiger partial charge on any atom is -0.487 e. The zero-order valence-corrected chi connectivity index (χ0v) is 12.1. The van der Waals surface area contributed by atoms with E-state index < -0.39 is 0 Å². The lowest BCUT2D eigenvalue weighted by Gasteiger charge is -2.39. The summed E-state index contributed by atoms with van der Waals surface area (Å²) in [5, 5.41) is 0. The molecular formula is C16H26N2O. The fraction of sp³-hybridized carbons (Fsp3) is 0.625. The monoisotopic (exact) mass is 262 g/mol. The zero-order chi connectivity index (χ0) is 13.7. The molecule has 1 aliphatic rings. The van der Waals surface area contributed by atoms with Crippen LogP contribution in [-0.4, -0.2) is 30.1 Å². The second kappa shape index (κ2) is 6.80. The Morgan fingerprint density at radius 3 is 2.53 bits per heavy atom. The summed E-state index contributed by atoms with van der Waals surface area (Å²) in [6, 6.07) is 8.35. The van der Waals surface area contributed by atoms with Crippen LogP contribution in [0.25, 0.3) is 0 Å². The van der Waals surface area contributed by atoms with Crippen molar-refractivity contribution in [2.24, 2.45) is 0 Å². The smallest absolute Gasteiger partial charge is 0.142 e. The van der Waals surface area contributed by atoms with Gasteiger partial charge in [0.1, 0.15) is 11.9 Å². The van der Waals surface area contributed by atoms with Crippen LogP contribution in [0.4, 0.5) is 5.69 Å². The van der Waals surface area contributed by atoms with Gasteiger partial charge in [-0.1, -0.05) is 32.4 Å². The van der Waals surface area contributed by atoms with E-state index in [0.717, 1.165) is 30.9 Å². The number of rotatable bonds is 5. The van der Waals surface area contributed by atoms with Crippen molar-refractivity contribution in [3.8, 4) is 5.75 Å². The first-order valence-corrected chi connectivity index (χ1v) is 7.51. The van der Waals surface area contributed by atoms with E-state index in [4.69, 9.17) is 10.5 Å². The van der Waals surface area contributed by atoms with E-state index in [1.165, 1.54) is 19.3 Å². The van der Waals surface area contributed by atoms with Gasteiger partial charge in [0.05, 0.1) is 5.69 Å². The van der Waals surface area contributed by atoms with E-state index in [2.05, 4.69) is 18.7 Å². The highest BCUT2D eigenvalue weighted by atomic mass is 16.5. The highest BCUT2D eigenvalue weighted by molar-refractivity contribution is 5.51. The van der Waals surface area contributed by atoms with Gasteiger partial charge in [-0.3, -0.25) is 4.90 Å². The van der Waals surface area contributed by atoms with E-state index >= 15 is 0 Å². The van der Waals surface area contributed by atoms with Gasteiger partial charge in [-0.25, -0.2) is 0 Å². The van der Waals surface area contributed by atoms with Crippen molar-refractivity contribution in [2.75, 3.05) is 18.8 Å². The molecule has 2 rings (SSSR count). The van der Waals surface area contributed by atoms with Crippen LogP contribution >= 0.6 is 0 Å². The topological polar surface area (TPSA) is 38.5 Å². The summed E-state index contributed by atoms with van der Waals surface area (Å²) in [7, 11) is 0. The number of para-hydroxylation sites is 2. The summed E-state index contributed by atoms with van der Waals surface area (Å²) < 4.78 is 6.22. The van der Waals surface area contributed by atoms with E-state index in [-0.39, 0.29) is 6.10 Å². The molecule has 2 N–H and O–H groups in total. The second-order valence-corrected chi connectivity index (χ2v) is 5.27. The van der Waals surface area contributed by atoms with Gasteiger partial charge < -0.3 is 10.5 Å². The van der Waals surface area contributed by atoms with Crippen molar-refractivity contribution in [3.63, 3.8) is 0 Å². The molecule has 0 unspecified atom stereocenters. The molecule has 1 aliphatic carbocycles. The standard InChI is InChI=1S/C16H26N2O/c1-3-18(4-2)14-10-6-8-12-16(14)19-15-11-7-5-9-13(15)17/h5,7,9,11,14,16H,3-4,6,8,10,12,17H2,1-2H3/t14-,16-/m1/s1. The van der Waals surface area contributed by atoms with Crippen LogP contribution in [0.5, 0.6) is 5.75 Å². The molecule has 1 fully saturated rings. The quantitative estimate of drug-likeness (QED) is 0.827. The number of nitrogen functional groups attached to an aromatic ring is 1. The Balaban J connectivity index is 2.09. The molecule has 3 nitrogen and oxygen atoms in total. The van der Waals surface area contributed by atoms with Gasteiger partial charge in [0, 0.05) is 6.04 Å². The van der Waals surface area contributed by atoms with Crippen LogP contribution < -0.4 is 10.5 Å². The predicted molar refractivity (Wildman–Crippen MR) is 80.4 cm³/mol. The third-order valence-corrected chi connectivity index (χ3v) is 4.15. The molecule has 0 aliphatic heterocycles. The Morgan fingerprint density at radius 1 is 1.16 bits per heavy atom. The van der Waals surface area contributed by atoms with Gasteiger partial charge in [-0.05, 0) is 44.5 Å². The molecular weight excluding hydrogens is 236 g/mol. The Kier molecular flexibility index (Phi) is 5.08. The number of hydrogen-bond acceptors (Lipinski definition) is 3. The molecule has 0 amide bonds. The normalized spacial score (nSPS) is 23.5. The summed E-state index contributed by atoms with van der Waals surface area (Å²) in [5.74, 6) is 0.839. The van der Waals surface area contributed by atoms with Gasteiger partial charge in [0.15, 0.2) is 0 Å². The molecule has 0 aromatic heterocycles. The molecule has 0 radical (unpaired) electrons. The van der Waals surface area contributed by atoms with Gasteiger partial charge in [-0.15, -0.1) is 0 Å². The van der Waals surface area contributed by atoms with Crippen LogP contribution in [0.2, 0.25) is 0 Å². The lowest BCUT2D eigenvalue weighted by atomic mass is 9.91. The Hall–Kier alpha value is -1.22. The van der Waals surface area contributed by atoms with Crippen molar-refractivity contribution < 1.29 is 4.74 Å². The van der Waals surface area contributed by atoms with Crippen molar-refractivity contribution >= 4 is 5.69 Å². The average molecular weight is 262 g/mol. The third-order valence-electron chi connectivity index (χ3n) is 4.15. The Labute approximate surface area is 116 Å². The molecule has 0 spiro atoms. The highest BCUT2D eigenvalue weighted by Crippen LogP contribution is 2.29. The maximum Gasteiger partial charge on any atom is 0.142 e. The van der Waals surface area contributed by atoms with Crippen LogP contribution in [-0.2, 0) is 0 Å². The lowest BCUT2D eigenvalue weighted by Crippen LogP contribution is -2.47. The molecule has 3 heteroatoms. The summed E-state index contributed by atoms with van der Waals surface area (Å²) in [6.45, 7) is 6.63. The highest BCUT2D eigenvalue weighted by Gasteiger charge is 2.30. The predicted octanol–water partition coefficient (Wildman–Crippen LogP) is 3.30. The van der Waals surface area contributed by atoms with Crippen molar-refractivity contribution in [2.45, 2.75) is 51.7 Å². The van der Waals surface area contributed by atoms with Crippen LogP contribution in [0.15, 0.2) is 24.3 Å². The first-order chi connectivity index (χ1) is 9.26. The molecule has 0 bridgehead atoms. The van der Waals surface area contributed by atoms with Crippen molar-refractivity contribution in [3.05, 3.63) is 24.3 Å². The number of likely N-dealkylation sites (N-methyl/N-ethyl adjacent to an activating group) is 1. The van der Waals surface area contributed by atoms with E-state index in [1.54, 1.807) is 0 Å². The summed E-state index contributed by atoms with van der Waals surface area (Å²) in [6.07, 6.45) is 5.22. The maximum atomic E-state index is 6.22. The number of ether oxygens (including phenoxy) is 1. The minimum absolute atomic E-state index is 0.276. The maximum absolute atomic E-state index is 6.22. The largest absolute Gasteiger partial charge is 0.487 e. The van der Waals surface area contributed by atoms with E-state index in [0.29, 0.717) is 6.04 Å². The fourth-order valence-electron chi connectivity index (χ4n) is 3.08. The Bertz CT molecular complexity index is 390. The lowest BCUT2D eigenvalue weighted by molar-refractivity contribution is 0.0417. The molecule has 19 heavy (non-hydrogen) atoms. The summed E-state index contributed by atoms with van der Waals surface area (Å²) >= 11 is 0. The molecule has 1 saturated carbocycles. The van der Waals surface area contributed by atoms with Crippen LogP contribution in [0, 0.1) is 0 Å². The van der Waals surface area contributed by atoms with Crippen molar-refractivity contribution in [1.82, 2.24) is 4.90 Å². The van der Waals surface area contributed by atoms with Gasteiger partial charge in [0.25, 0.3) is 0 Å². The van der Waals surface area contributed by atoms with Gasteiger partial charge in [0.2, 0.25) is 0 Å². The summed E-state index contributed by atoms with van der Waals surface area (Å²) in [5.41, 5.74) is 6.73. The molecule has 2 atom stereocenters. The SMILES string of the molecule is CCN(CC)[C@@H]1CCCC[C@H]1Oc1ccccc1N. The molecule has 1 aromatic rings. The minimum atomic E-state index is 0.276. The molecule has 1 aromatic carbocycles. The number of hydrogen-bond donors (Lipinski definition) is 1. The molecule has 106 valence electrons. The average Bonchev–Trinajstić information content (AvgIpc) is 2.44. The number of nitrogens with zero attached hydrogens (tertiary/aromatic N) is 1. The van der Waals surface area contributed by atoms with Crippen molar-refractivity contribution in [1.29, 1.82) is 0 Å². The first-order valence-electron chi connectivity index (χ1n) is 7.51. The molecule has 0 saturated heterocycles. The number of benzene rings is 1. The third kappa shape index (κ3) is 3.41. The van der Waals surface area contributed by atoms with Gasteiger partial charge in [-0.2, -0.15) is 0 Å². The second-order valence-electron chi connectivity index (χ2n) is 5.27. The Morgan fingerprint density at radius 2 is 1.84 bits per heavy atom. The number of nitrogens with two attached hydrogens (primary N) is 1. The first kappa shape index (κ1) is 14.2. The van der Waals surface area contributed by atoms with E-state index in [9.17, 15) is 0 Å². The van der Waals surface area contributed by atoms with E-state index in [1.807, 2.05) is 24.3 Å². The zero-order valence-electron chi connectivity index (χ0n) is 12.1. The van der Waals surface area contributed by atoms with Crippen LogP contribution in [0.1, 0.15) is 39.5 Å². The van der Waals surface area contributed by atoms with Crippen LogP contribution in [0.3, 0.4) is 0 Å².